The predicted molar refractivity (Wildman–Crippen MR) is 83.4 cm³/mol. The number of nitrogens with two attached hydrogens (primary N) is 1. The molecule has 0 amide bonds. The molecule has 0 saturated heterocycles. The lowest BCUT2D eigenvalue weighted by molar-refractivity contribution is 0.629. The number of hydrogen-bond donors (Lipinski definition) is 2. The molecule has 0 fully saturated rings. The molecule has 1 unspecified atom stereocenters. The number of aryl methyl sites for hydroxylation is 2. The van der Waals surface area contributed by atoms with Crippen LogP contribution >= 0.6 is 0 Å². The van der Waals surface area contributed by atoms with Crippen LogP contribution in [0.2, 0.25) is 0 Å². The Labute approximate surface area is 121 Å². The van der Waals surface area contributed by atoms with E-state index in [0.717, 1.165) is 22.5 Å². The maximum atomic E-state index is 5.76. The molecule has 3 nitrogen and oxygen atoms in total. The molecule has 0 bridgehead atoms. The summed E-state index contributed by atoms with van der Waals surface area (Å²) in [7, 11) is 0. The van der Waals surface area contributed by atoms with Gasteiger partial charge < -0.3 is 0 Å². The fourth-order valence-corrected chi connectivity index (χ4v) is 2.44. The SMILES string of the molecule is Cc1ccc(C(NN)c2ccc(C(C)C)cc2)c(C)n1. The highest BCUT2D eigenvalue weighted by atomic mass is 15.2. The number of nitrogens with one attached hydrogen (secondary N) is 1. The number of pyridine rings is 1. The highest BCUT2D eigenvalue weighted by Crippen LogP contribution is 2.25. The maximum Gasteiger partial charge on any atom is 0.0727 e. The van der Waals surface area contributed by atoms with Gasteiger partial charge in [0.15, 0.2) is 0 Å². The van der Waals surface area contributed by atoms with E-state index in [4.69, 9.17) is 5.84 Å². The zero-order chi connectivity index (χ0) is 14.7. The number of hydrazine groups is 1. The van der Waals surface area contributed by atoms with Gasteiger partial charge in [0.05, 0.1) is 6.04 Å². The van der Waals surface area contributed by atoms with Crippen molar-refractivity contribution in [2.24, 2.45) is 5.84 Å². The lowest BCUT2D eigenvalue weighted by atomic mass is 9.95. The summed E-state index contributed by atoms with van der Waals surface area (Å²) in [6.45, 7) is 8.41. The molecule has 3 heteroatoms. The molecule has 0 aliphatic carbocycles. The summed E-state index contributed by atoms with van der Waals surface area (Å²) in [4.78, 5) is 4.52. The molecule has 20 heavy (non-hydrogen) atoms. The summed E-state index contributed by atoms with van der Waals surface area (Å²) in [6.07, 6.45) is 0. The summed E-state index contributed by atoms with van der Waals surface area (Å²) >= 11 is 0. The van der Waals surface area contributed by atoms with E-state index < -0.39 is 0 Å². The summed E-state index contributed by atoms with van der Waals surface area (Å²) in [5.41, 5.74) is 8.56. The molecule has 0 spiro atoms. The van der Waals surface area contributed by atoms with E-state index in [2.05, 4.69) is 54.6 Å². The normalized spacial score (nSPS) is 12.7. The standard InChI is InChI=1S/C17H23N3/c1-11(2)14-6-8-15(9-7-14)17(20-18)16-10-5-12(3)19-13(16)4/h5-11,17,20H,18H2,1-4H3. The van der Waals surface area contributed by atoms with Crippen molar-refractivity contribution < 1.29 is 0 Å². The Morgan fingerprint density at radius 3 is 2.05 bits per heavy atom. The van der Waals surface area contributed by atoms with Crippen molar-refractivity contribution >= 4 is 0 Å². The van der Waals surface area contributed by atoms with Gasteiger partial charge in [-0.25, -0.2) is 5.43 Å². The molecule has 1 aromatic carbocycles. The largest absolute Gasteiger partial charge is 0.271 e. The van der Waals surface area contributed by atoms with Gasteiger partial charge >= 0.3 is 0 Å². The van der Waals surface area contributed by atoms with Crippen LogP contribution in [0, 0.1) is 13.8 Å². The van der Waals surface area contributed by atoms with Gasteiger partial charge in [-0.3, -0.25) is 10.8 Å². The lowest BCUT2D eigenvalue weighted by Gasteiger charge is -2.19. The van der Waals surface area contributed by atoms with Crippen LogP contribution in [0.25, 0.3) is 0 Å². The number of hydrogen-bond acceptors (Lipinski definition) is 3. The minimum Gasteiger partial charge on any atom is -0.271 e. The van der Waals surface area contributed by atoms with Gasteiger partial charge in [-0.15, -0.1) is 0 Å². The first-order chi connectivity index (χ1) is 9.52. The van der Waals surface area contributed by atoms with Crippen molar-refractivity contribution in [1.82, 2.24) is 10.4 Å². The second-order valence-electron chi connectivity index (χ2n) is 5.55. The predicted octanol–water partition coefficient (Wildman–Crippen LogP) is 3.37. The summed E-state index contributed by atoms with van der Waals surface area (Å²) in [5, 5.41) is 0. The van der Waals surface area contributed by atoms with Gasteiger partial charge in [0.2, 0.25) is 0 Å². The highest BCUT2D eigenvalue weighted by molar-refractivity contribution is 5.36. The van der Waals surface area contributed by atoms with Crippen LogP contribution in [0.5, 0.6) is 0 Å². The Hall–Kier alpha value is -1.71. The molecule has 1 heterocycles. The van der Waals surface area contributed by atoms with Crippen LogP contribution < -0.4 is 11.3 Å². The molecule has 1 aromatic heterocycles. The topological polar surface area (TPSA) is 50.9 Å². The Kier molecular flexibility index (Phi) is 4.53. The quantitative estimate of drug-likeness (QED) is 0.661. The van der Waals surface area contributed by atoms with Crippen LogP contribution in [-0.2, 0) is 0 Å². The van der Waals surface area contributed by atoms with Gasteiger partial charge in [-0.05, 0) is 42.5 Å². The highest BCUT2D eigenvalue weighted by Gasteiger charge is 2.15. The molecule has 3 N–H and O–H groups in total. The molecule has 0 radical (unpaired) electrons. The van der Waals surface area contributed by atoms with E-state index in [-0.39, 0.29) is 6.04 Å². The number of aromatic nitrogens is 1. The van der Waals surface area contributed by atoms with E-state index in [9.17, 15) is 0 Å². The van der Waals surface area contributed by atoms with Gasteiger partial charge in [-0.1, -0.05) is 44.2 Å². The molecule has 1 atom stereocenters. The van der Waals surface area contributed by atoms with Crippen LogP contribution in [0.4, 0.5) is 0 Å². The van der Waals surface area contributed by atoms with Gasteiger partial charge in [0, 0.05) is 11.4 Å². The first-order valence-electron chi connectivity index (χ1n) is 7.03. The first-order valence-corrected chi connectivity index (χ1v) is 7.03. The Balaban J connectivity index is 2.36. The van der Waals surface area contributed by atoms with Crippen molar-refractivity contribution in [3.05, 3.63) is 64.5 Å². The third-order valence-electron chi connectivity index (χ3n) is 3.68. The molecule has 2 rings (SSSR count). The molecular formula is C17H23N3. The Bertz CT molecular complexity index is 573. The Morgan fingerprint density at radius 2 is 1.55 bits per heavy atom. The zero-order valence-corrected chi connectivity index (χ0v) is 12.6. The average Bonchev–Trinajstić information content (AvgIpc) is 2.42. The average molecular weight is 269 g/mol. The summed E-state index contributed by atoms with van der Waals surface area (Å²) < 4.78 is 0. The second kappa shape index (κ2) is 6.16. The van der Waals surface area contributed by atoms with Crippen LogP contribution in [0.15, 0.2) is 36.4 Å². The molecule has 0 aliphatic rings. The fraction of sp³-hybridized carbons (Fsp3) is 0.353. The maximum absolute atomic E-state index is 5.76. The second-order valence-corrected chi connectivity index (χ2v) is 5.55. The van der Waals surface area contributed by atoms with Gasteiger partial charge in [-0.2, -0.15) is 0 Å². The third-order valence-corrected chi connectivity index (χ3v) is 3.68. The summed E-state index contributed by atoms with van der Waals surface area (Å²) in [6, 6.07) is 12.7. The molecule has 0 saturated carbocycles. The number of rotatable bonds is 4. The lowest BCUT2D eigenvalue weighted by Crippen LogP contribution is -2.29. The fourth-order valence-electron chi connectivity index (χ4n) is 2.44. The molecule has 2 aromatic rings. The van der Waals surface area contributed by atoms with Crippen molar-refractivity contribution in [3.8, 4) is 0 Å². The minimum absolute atomic E-state index is 0.0238. The number of benzene rings is 1. The van der Waals surface area contributed by atoms with Crippen molar-refractivity contribution in [1.29, 1.82) is 0 Å². The van der Waals surface area contributed by atoms with Gasteiger partial charge in [0.1, 0.15) is 0 Å². The molecule has 0 aliphatic heterocycles. The van der Waals surface area contributed by atoms with E-state index in [1.54, 1.807) is 0 Å². The third kappa shape index (κ3) is 3.06. The van der Waals surface area contributed by atoms with E-state index in [1.807, 2.05) is 19.9 Å². The van der Waals surface area contributed by atoms with Crippen molar-refractivity contribution in [2.45, 2.75) is 39.7 Å². The monoisotopic (exact) mass is 269 g/mol. The molecule has 106 valence electrons. The van der Waals surface area contributed by atoms with E-state index in [0.29, 0.717) is 5.92 Å². The minimum atomic E-state index is -0.0238. The van der Waals surface area contributed by atoms with E-state index >= 15 is 0 Å². The first kappa shape index (κ1) is 14.7. The summed E-state index contributed by atoms with van der Waals surface area (Å²) in [5.74, 6) is 6.30. The Morgan fingerprint density at radius 1 is 0.950 bits per heavy atom. The van der Waals surface area contributed by atoms with Crippen molar-refractivity contribution in [2.75, 3.05) is 0 Å². The van der Waals surface area contributed by atoms with Crippen molar-refractivity contribution in [3.63, 3.8) is 0 Å². The van der Waals surface area contributed by atoms with Crippen LogP contribution in [0.3, 0.4) is 0 Å². The van der Waals surface area contributed by atoms with Gasteiger partial charge in [0.25, 0.3) is 0 Å². The zero-order valence-electron chi connectivity index (χ0n) is 12.6. The molecular weight excluding hydrogens is 246 g/mol. The van der Waals surface area contributed by atoms with Crippen LogP contribution in [0.1, 0.15) is 53.9 Å². The van der Waals surface area contributed by atoms with E-state index in [1.165, 1.54) is 5.56 Å². The smallest absolute Gasteiger partial charge is 0.0727 e. The number of nitrogens with zero attached hydrogens (tertiary/aromatic N) is 1. The van der Waals surface area contributed by atoms with Crippen LogP contribution in [-0.4, -0.2) is 4.98 Å².